The van der Waals surface area contributed by atoms with Crippen LogP contribution in [0, 0.1) is 19.7 Å². The van der Waals surface area contributed by atoms with E-state index in [4.69, 9.17) is 0 Å². The molecular formula is C21H21FN4O. The van der Waals surface area contributed by atoms with Gasteiger partial charge in [0.1, 0.15) is 11.5 Å². The van der Waals surface area contributed by atoms with Gasteiger partial charge in [0.25, 0.3) is 5.91 Å². The van der Waals surface area contributed by atoms with Crippen LogP contribution in [0.25, 0.3) is 0 Å². The van der Waals surface area contributed by atoms with Crippen molar-refractivity contribution in [2.45, 2.75) is 20.3 Å². The van der Waals surface area contributed by atoms with Crippen LogP contribution in [0.1, 0.15) is 27.2 Å². The minimum atomic E-state index is -0.274. The van der Waals surface area contributed by atoms with Crippen LogP contribution in [0.3, 0.4) is 0 Å². The fraction of sp³-hybridized carbons (Fsp3) is 0.190. The molecule has 6 heteroatoms. The van der Waals surface area contributed by atoms with Gasteiger partial charge in [-0.1, -0.05) is 30.3 Å². The topological polar surface area (TPSA) is 66.9 Å². The van der Waals surface area contributed by atoms with Gasteiger partial charge in [-0.25, -0.2) is 14.4 Å². The quantitative estimate of drug-likeness (QED) is 0.695. The normalized spacial score (nSPS) is 10.5. The Hall–Kier alpha value is -3.28. The number of nitrogens with zero attached hydrogens (tertiary/aromatic N) is 2. The summed E-state index contributed by atoms with van der Waals surface area (Å²) >= 11 is 0. The first-order chi connectivity index (χ1) is 13.0. The Labute approximate surface area is 157 Å². The lowest BCUT2D eigenvalue weighted by Crippen LogP contribution is -2.26. The number of anilines is 2. The number of nitrogens with one attached hydrogen (secondary N) is 2. The molecule has 0 spiro atoms. The van der Waals surface area contributed by atoms with E-state index in [1.807, 2.05) is 32.0 Å². The van der Waals surface area contributed by atoms with Crippen molar-refractivity contribution in [1.82, 2.24) is 15.3 Å². The minimum Gasteiger partial charge on any atom is -0.350 e. The molecule has 0 bridgehead atoms. The minimum absolute atomic E-state index is 0.271. The summed E-state index contributed by atoms with van der Waals surface area (Å²) < 4.78 is 12.9. The monoisotopic (exact) mass is 364 g/mol. The van der Waals surface area contributed by atoms with Gasteiger partial charge >= 0.3 is 0 Å². The van der Waals surface area contributed by atoms with E-state index in [0.29, 0.717) is 18.9 Å². The average molecular weight is 364 g/mol. The molecule has 0 saturated carbocycles. The second kappa shape index (κ2) is 8.40. The van der Waals surface area contributed by atoms with Crippen LogP contribution in [0.2, 0.25) is 0 Å². The summed E-state index contributed by atoms with van der Waals surface area (Å²) in [5, 5.41) is 6.01. The SMILES string of the molecule is Cc1cccc(C)c1Nc1nccc(C(=O)NCCc2ccc(F)cc2)n1. The van der Waals surface area contributed by atoms with Gasteiger partial charge in [0.2, 0.25) is 5.95 Å². The predicted molar refractivity (Wildman–Crippen MR) is 104 cm³/mol. The van der Waals surface area contributed by atoms with Gasteiger partial charge in [0, 0.05) is 18.4 Å². The van der Waals surface area contributed by atoms with E-state index in [2.05, 4.69) is 20.6 Å². The number of amides is 1. The van der Waals surface area contributed by atoms with E-state index >= 15 is 0 Å². The molecule has 2 N–H and O–H groups in total. The standard InChI is InChI=1S/C21H21FN4O/c1-14-4-3-5-15(2)19(14)26-21-24-13-11-18(25-21)20(27)23-12-10-16-6-8-17(22)9-7-16/h3-9,11,13H,10,12H2,1-2H3,(H,23,27)(H,24,25,26). The molecule has 0 fully saturated rings. The Morgan fingerprint density at radius 3 is 2.44 bits per heavy atom. The second-order valence-electron chi connectivity index (χ2n) is 6.29. The molecule has 1 heterocycles. The van der Waals surface area contributed by atoms with Crippen LogP contribution in [0.5, 0.6) is 0 Å². The van der Waals surface area contributed by atoms with E-state index < -0.39 is 0 Å². The summed E-state index contributed by atoms with van der Waals surface area (Å²) in [7, 11) is 0. The van der Waals surface area contributed by atoms with Crippen LogP contribution in [0.4, 0.5) is 16.0 Å². The van der Waals surface area contributed by atoms with Crippen LogP contribution in [0.15, 0.2) is 54.7 Å². The highest BCUT2D eigenvalue weighted by Gasteiger charge is 2.10. The Balaban J connectivity index is 1.62. The van der Waals surface area contributed by atoms with Crippen molar-refractivity contribution in [3.05, 3.63) is 82.9 Å². The van der Waals surface area contributed by atoms with Crippen LogP contribution < -0.4 is 10.6 Å². The molecule has 3 rings (SSSR count). The molecular weight excluding hydrogens is 343 g/mol. The Morgan fingerprint density at radius 2 is 1.74 bits per heavy atom. The molecule has 27 heavy (non-hydrogen) atoms. The molecule has 1 amide bonds. The number of carbonyl (C=O) groups excluding carboxylic acids is 1. The lowest BCUT2D eigenvalue weighted by molar-refractivity contribution is 0.0949. The molecule has 0 aliphatic heterocycles. The van der Waals surface area contributed by atoms with E-state index in [-0.39, 0.29) is 17.4 Å². The number of carbonyl (C=O) groups is 1. The Morgan fingerprint density at radius 1 is 1.04 bits per heavy atom. The molecule has 0 aliphatic rings. The van der Waals surface area contributed by atoms with E-state index in [9.17, 15) is 9.18 Å². The van der Waals surface area contributed by atoms with Gasteiger partial charge in [-0.3, -0.25) is 4.79 Å². The van der Waals surface area contributed by atoms with Gasteiger partial charge in [0.15, 0.2) is 0 Å². The highest BCUT2D eigenvalue weighted by atomic mass is 19.1. The molecule has 0 aliphatic carbocycles. The molecule has 5 nitrogen and oxygen atoms in total. The van der Waals surface area contributed by atoms with Crippen molar-refractivity contribution >= 4 is 17.5 Å². The summed E-state index contributed by atoms with van der Waals surface area (Å²) in [5.41, 5.74) is 4.33. The summed E-state index contributed by atoms with van der Waals surface area (Å²) in [6, 6.07) is 13.8. The van der Waals surface area contributed by atoms with Gasteiger partial charge in [-0.2, -0.15) is 0 Å². The van der Waals surface area contributed by atoms with Gasteiger partial charge < -0.3 is 10.6 Å². The van der Waals surface area contributed by atoms with Crippen LogP contribution >= 0.6 is 0 Å². The number of hydrogen-bond acceptors (Lipinski definition) is 4. The van der Waals surface area contributed by atoms with Gasteiger partial charge in [-0.05, 0) is 55.2 Å². The lowest BCUT2D eigenvalue weighted by Gasteiger charge is -2.12. The fourth-order valence-electron chi connectivity index (χ4n) is 2.73. The predicted octanol–water partition coefficient (Wildman–Crippen LogP) is 3.95. The number of benzene rings is 2. The largest absolute Gasteiger partial charge is 0.350 e. The van der Waals surface area contributed by atoms with Gasteiger partial charge in [0.05, 0.1) is 0 Å². The third kappa shape index (κ3) is 4.88. The van der Waals surface area contributed by atoms with E-state index in [0.717, 1.165) is 22.4 Å². The smallest absolute Gasteiger partial charge is 0.270 e. The number of aromatic nitrogens is 2. The Bertz CT molecular complexity index is 921. The first-order valence-electron chi connectivity index (χ1n) is 8.72. The zero-order chi connectivity index (χ0) is 19.2. The Kier molecular flexibility index (Phi) is 5.76. The molecule has 0 atom stereocenters. The fourth-order valence-corrected chi connectivity index (χ4v) is 2.73. The maximum absolute atomic E-state index is 12.9. The highest BCUT2D eigenvalue weighted by Crippen LogP contribution is 2.22. The first-order valence-corrected chi connectivity index (χ1v) is 8.72. The average Bonchev–Trinajstić information content (AvgIpc) is 2.66. The van der Waals surface area contributed by atoms with Crippen molar-refractivity contribution in [2.75, 3.05) is 11.9 Å². The summed E-state index contributed by atoms with van der Waals surface area (Å²) in [6.45, 7) is 4.44. The first kappa shape index (κ1) is 18.5. The third-order valence-corrected chi connectivity index (χ3v) is 4.22. The van der Waals surface area contributed by atoms with Gasteiger partial charge in [-0.15, -0.1) is 0 Å². The number of halogens is 1. The zero-order valence-electron chi connectivity index (χ0n) is 15.3. The maximum Gasteiger partial charge on any atom is 0.270 e. The third-order valence-electron chi connectivity index (χ3n) is 4.22. The van der Waals surface area contributed by atoms with Crippen molar-refractivity contribution < 1.29 is 9.18 Å². The zero-order valence-corrected chi connectivity index (χ0v) is 15.3. The molecule has 0 saturated heterocycles. The number of rotatable bonds is 6. The molecule has 0 unspecified atom stereocenters. The maximum atomic E-state index is 12.9. The summed E-state index contributed by atoms with van der Waals surface area (Å²) in [4.78, 5) is 20.8. The second-order valence-corrected chi connectivity index (χ2v) is 6.29. The van der Waals surface area contributed by atoms with E-state index in [1.54, 1.807) is 24.4 Å². The van der Waals surface area contributed by atoms with E-state index in [1.165, 1.54) is 12.1 Å². The molecule has 0 radical (unpaired) electrons. The van der Waals surface area contributed by atoms with Crippen molar-refractivity contribution in [1.29, 1.82) is 0 Å². The summed E-state index contributed by atoms with van der Waals surface area (Å²) in [6.07, 6.45) is 2.17. The van der Waals surface area contributed by atoms with Crippen molar-refractivity contribution in [2.24, 2.45) is 0 Å². The highest BCUT2D eigenvalue weighted by molar-refractivity contribution is 5.92. The molecule has 3 aromatic rings. The van der Waals surface area contributed by atoms with Crippen molar-refractivity contribution in [3.63, 3.8) is 0 Å². The van der Waals surface area contributed by atoms with Crippen molar-refractivity contribution in [3.8, 4) is 0 Å². The molecule has 138 valence electrons. The number of hydrogen-bond donors (Lipinski definition) is 2. The molecule has 1 aromatic heterocycles. The number of aryl methyl sites for hydroxylation is 2. The number of para-hydroxylation sites is 1. The van der Waals surface area contributed by atoms with Crippen LogP contribution in [-0.4, -0.2) is 22.4 Å². The van der Waals surface area contributed by atoms with Crippen LogP contribution in [-0.2, 0) is 6.42 Å². The lowest BCUT2D eigenvalue weighted by atomic mass is 10.1. The molecule has 2 aromatic carbocycles. The summed E-state index contributed by atoms with van der Waals surface area (Å²) in [5.74, 6) is -0.171.